The number of nitrogens with zero attached hydrogens (tertiary/aromatic N) is 2. The fourth-order valence-corrected chi connectivity index (χ4v) is 3.47. The zero-order chi connectivity index (χ0) is 20.2. The first kappa shape index (κ1) is 22.1. The van der Waals surface area contributed by atoms with Crippen molar-refractivity contribution in [2.45, 2.75) is 57.7 Å². The Morgan fingerprint density at radius 3 is 1.77 bits per heavy atom. The molecule has 7 nitrogen and oxygen atoms in total. The predicted molar refractivity (Wildman–Crippen MR) is 99.3 cm³/mol. The molecular weight excluding hydrogens is 356 g/mol. The minimum atomic E-state index is -3.57. The third-order valence-electron chi connectivity index (χ3n) is 3.87. The first-order valence-electron chi connectivity index (χ1n) is 8.45. The molecule has 0 bridgehead atoms. The summed E-state index contributed by atoms with van der Waals surface area (Å²) >= 11 is 0. The molecule has 0 saturated carbocycles. The zero-order valence-corrected chi connectivity index (χ0v) is 17.2. The van der Waals surface area contributed by atoms with E-state index in [1.165, 1.54) is 45.3 Å². The molecule has 0 aromatic heterocycles. The SMILES string of the molecule is CC(OC(=O)c1ccc(S(=O)(=O)N(C)C)cc1)C(=O)N(C(C)C)C(C)C. The third-order valence-corrected chi connectivity index (χ3v) is 5.70. The molecule has 0 radical (unpaired) electrons. The summed E-state index contributed by atoms with van der Waals surface area (Å²) in [5, 5.41) is 0. The van der Waals surface area contributed by atoms with Crippen molar-refractivity contribution in [3.05, 3.63) is 29.8 Å². The van der Waals surface area contributed by atoms with Gasteiger partial charge < -0.3 is 9.64 Å². The Bertz CT molecular complexity index is 731. The lowest BCUT2D eigenvalue weighted by molar-refractivity contribution is -0.143. The summed E-state index contributed by atoms with van der Waals surface area (Å²) in [6.45, 7) is 9.13. The van der Waals surface area contributed by atoms with Crippen LogP contribution in [0.1, 0.15) is 45.0 Å². The Morgan fingerprint density at radius 1 is 0.923 bits per heavy atom. The van der Waals surface area contributed by atoms with Gasteiger partial charge in [0.05, 0.1) is 10.5 Å². The van der Waals surface area contributed by atoms with Crippen molar-refractivity contribution in [3.63, 3.8) is 0 Å². The normalized spacial score (nSPS) is 13.2. The molecule has 1 amide bonds. The van der Waals surface area contributed by atoms with Gasteiger partial charge in [-0.3, -0.25) is 4.79 Å². The summed E-state index contributed by atoms with van der Waals surface area (Å²) in [5.74, 6) is -0.942. The van der Waals surface area contributed by atoms with Crippen molar-refractivity contribution >= 4 is 21.9 Å². The van der Waals surface area contributed by atoms with E-state index in [9.17, 15) is 18.0 Å². The summed E-state index contributed by atoms with van der Waals surface area (Å²) in [6.07, 6.45) is -0.933. The average Bonchev–Trinajstić information content (AvgIpc) is 2.53. The number of esters is 1. The van der Waals surface area contributed by atoms with E-state index in [0.29, 0.717) is 0 Å². The number of ether oxygens (including phenoxy) is 1. The maximum Gasteiger partial charge on any atom is 0.338 e. The average molecular weight is 384 g/mol. The topological polar surface area (TPSA) is 84.0 Å². The fraction of sp³-hybridized carbons (Fsp3) is 0.556. The molecular formula is C18H28N2O5S. The summed E-state index contributed by atoms with van der Waals surface area (Å²) in [6, 6.07) is 5.40. The maximum atomic E-state index is 12.5. The molecule has 146 valence electrons. The molecule has 0 N–H and O–H groups in total. The number of carbonyl (C=O) groups is 2. The van der Waals surface area contributed by atoms with Crippen LogP contribution in [0.25, 0.3) is 0 Å². The van der Waals surface area contributed by atoms with Crippen molar-refractivity contribution < 1.29 is 22.7 Å². The van der Waals surface area contributed by atoms with E-state index in [4.69, 9.17) is 4.74 Å². The maximum absolute atomic E-state index is 12.5. The lowest BCUT2D eigenvalue weighted by atomic mass is 10.2. The Morgan fingerprint density at radius 2 is 1.38 bits per heavy atom. The monoisotopic (exact) mass is 384 g/mol. The molecule has 1 aromatic carbocycles. The first-order valence-corrected chi connectivity index (χ1v) is 9.89. The number of sulfonamides is 1. The number of hydrogen-bond acceptors (Lipinski definition) is 5. The number of carbonyl (C=O) groups excluding carboxylic acids is 2. The van der Waals surface area contributed by atoms with Crippen molar-refractivity contribution in [2.75, 3.05) is 14.1 Å². The molecule has 26 heavy (non-hydrogen) atoms. The molecule has 0 saturated heterocycles. The van der Waals surface area contributed by atoms with Crippen molar-refractivity contribution in [3.8, 4) is 0 Å². The standard InChI is InChI=1S/C18H28N2O5S/c1-12(2)20(13(3)4)17(21)14(5)25-18(22)15-8-10-16(11-9-15)26(23,24)19(6)7/h8-14H,1-7H3. The number of rotatable bonds is 7. The third kappa shape index (κ3) is 5.04. The summed E-state index contributed by atoms with van der Waals surface area (Å²) < 4.78 is 30.4. The summed E-state index contributed by atoms with van der Waals surface area (Å²) in [5.41, 5.74) is 0.183. The second-order valence-corrected chi connectivity index (χ2v) is 8.94. The van der Waals surface area contributed by atoms with Gasteiger partial charge in [-0.1, -0.05) is 0 Å². The van der Waals surface area contributed by atoms with E-state index in [2.05, 4.69) is 0 Å². The largest absolute Gasteiger partial charge is 0.449 e. The second-order valence-electron chi connectivity index (χ2n) is 6.79. The molecule has 1 aromatic rings. The number of amides is 1. The Kier molecular flexibility index (Phi) is 7.35. The van der Waals surface area contributed by atoms with E-state index < -0.39 is 22.1 Å². The van der Waals surface area contributed by atoms with Gasteiger partial charge in [-0.15, -0.1) is 0 Å². The molecule has 0 aliphatic rings. The molecule has 8 heteroatoms. The minimum absolute atomic E-state index is 0.0147. The first-order chi connectivity index (χ1) is 11.9. The van der Waals surface area contributed by atoms with Crippen LogP contribution in [0.3, 0.4) is 0 Å². The van der Waals surface area contributed by atoms with Crippen molar-refractivity contribution in [1.82, 2.24) is 9.21 Å². The van der Waals surface area contributed by atoms with Crippen LogP contribution in [0.15, 0.2) is 29.2 Å². The zero-order valence-electron chi connectivity index (χ0n) is 16.4. The van der Waals surface area contributed by atoms with Crippen molar-refractivity contribution in [1.29, 1.82) is 0 Å². The molecule has 0 heterocycles. The number of hydrogen-bond donors (Lipinski definition) is 0. The molecule has 1 rings (SSSR count). The van der Waals surface area contributed by atoms with Gasteiger partial charge in [0.25, 0.3) is 5.91 Å². The van der Waals surface area contributed by atoms with E-state index in [1.54, 1.807) is 4.90 Å². The molecule has 0 aliphatic heterocycles. The van der Waals surface area contributed by atoms with Crippen LogP contribution in [0.2, 0.25) is 0 Å². The number of benzene rings is 1. The predicted octanol–water partition coefficient (Wildman–Crippen LogP) is 2.13. The molecule has 0 fully saturated rings. The van der Waals surface area contributed by atoms with E-state index in [1.807, 2.05) is 27.7 Å². The lowest BCUT2D eigenvalue weighted by Crippen LogP contribution is -2.47. The minimum Gasteiger partial charge on any atom is -0.449 e. The Balaban J connectivity index is 2.89. The van der Waals surface area contributed by atoms with Crippen LogP contribution in [-0.4, -0.2) is 61.8 Å². The molecule has 1 atom stereocenters. The van der Waals surface area contributed by atoms with Crippen LogP contribution in [0.4, 0.5) is 0 Å². The fourth-order valence-electron chi connectivity index (χ4n) is 2.57. The Hall–Kier alpha value is -1.93. The van der Waals surface area contributed by atoms with Crippen LogP contribution >= 0.6 is 0 Å². The smallest absolute Gasteiger partial charge is 0.338 e. The quantitative estimate of drug-likeness (QED) is 0.673. The van der Waals surface area contributed by atoms with Crippen LogP contribution in [0, 0.1) is 0 Å². The van der Waals surface area contributed by atoms with Crippen LogP contribution < -0.4 is 0 Å². The summed E-state index contributed by atoms with van der Waals surface area (Å²) in [4.78, 5) is 26.5. The van der Waals surface area contributed by atoms with E-state index in [-0.39, 0.29) is 28.4 Å². The highest BCUT2D eigenvalue weighted by Gasteiger charge is 2.28. The van der Waals surface area contributed by atoms with Crippen molar-refractivity contribution in [2.24, 2.45) is 0 Å². The molecule has 1 unspecified atom stereocenters. The highest BCUT2D eigenvalue weighted by atomic mass is 32.2. The van der Waals surface area contributed by atoms with Crippen LogP contribution in [-0.2, 0) is 19.6 Å². The van der Waals surface area contributed by atoms with Gasteiger partial charge in [-0.2, -0.15) is 0 Å². The molecule has 0 spiro atoms. The Labute approximate surface area is 156 Å². The van der Waals surface area contributed by atoms with Crippen LogP contribution in [0.5, 0.6) is 0 Å². The van der Waals surface area contributed by atoms with E-state index >= 15 is 0 Å². The van der Waals surface area contributed by atoms with E-state index in [0.717, 1.165) is 4.31 Å². The summed E-state index contributed by atoms with van der Waals surface area (Å²) in [7, 11) is -0.705. The second kappa shape index (κ2) is 8.64. The van der Waals surface area contributed by atoms with Gasteiger partial charge in [0.1, 0.15) is 0 Å². The highest BCUT2D eigenvalue weighted by molar-refractivity contribution is 7.89. The van der Waals surface area contributed by atoms with Gasteiger partial charge >= 0.3 is 5.97 Å². The van der Waals surface area contributed by atoms with Gasteiger partial charge in [-0.05, 0) is 58.9 Å². The van der Waals surface area contributed by atoms with Gasteiger partial charge in [0, 0.05) is 26.2 Å². The molecule has 0 aliphatic carbocycles. The van der Waals surface area contributed by atoms with Gasteiger partial charge in [-0.25, -0.2) is 17.5 Å². The lowest BCUT2D eigenvalue weighted by Gasteiger charge is -2.32. The van der Waals surface area contributed by atoms with Gasteiger partial charge in [0.15, 0.2) is 6.10 Å². The highest BCUT2D eigenvalue weighted by Crippen LogP contribution is 2.16. The van der Waals surface area contributed by atoms with Gasteiger partial charge in [0.2, 0.25) is 10.0 Å².